The van der Waals surface area contributed by atoms with E-state index < -0.39 is 19.7 Å². The molecule has 54 heavy (non-hydrogen) atoms. The van der Waals surface area contributed by atoms with Gasteiger partial charge in [0.25, 0.3) is 0 Å². The molecule has 0 saturated carbocycles. The number of halogens is 2. The zero-order valence-electron chi connectivity index (χ0n) is 28.8. The number of likely N-dealkylation sites (N-methyl/N-ethyl adjacent to an activating group) is 1. The summed E-state index contributed by atoms with van der Waals surface area (Å²) in [5, 5.41) is 21.1. The maximum absolute atomic E-state index is 13.3. The molecule has 8 rings (SSSR count). The number of sulfone groups is 2. The molecular weight excluding hydrogens is 769 g/mol. The van der Waals surface area contributed by atoms with Crippen LogP contribution in [-0.4, -0.2) is 69.9 Å². The van der Waals surface area contributed by atoms with Crippen molar-refractivity contribution in [2.45, 2.75) is 19.8 Å². The van der Waals surface area contributed by atoms with Gasteiger partial charge in [0.2, 0.25) is 19.7 Å². The number of ether oxygens (including phenoxy) is 2. The molecule has 0 bridgehead atoms. The van der Waals surface area contributed by atoms with Crippen molar-refractivity contribution in [3.8, 4) is 11.5 Å². The lowest BCUT2D eigenvalue weighted by Gasteiger charge is -2.08. The van der Waals surface area contributed by atoms with Crippen LogP contribution < -0.4 is 14.8 Å². The topological polar surface area (TPSA) is 156 Å². The van der Waals surface area contributed by atoms with Crippen LogP contribution in [0.25, 0.3) is 43.4 Å². The molecule has 0 aliphatic heterocycles. The van der Waals surface area contributed by atoms with E-state index in [9.17, 15) is 16.8 Å². The van der Waals surface area contributed by atoms with Crippen LogP contribution in [0.2, 0.25) is 0 Å². The maximum Gasteiger partial charge on any atom is 0.224 e. The standard InChI is InChI=1S/C20H19N3O3S.C19H15ClN2O3S.ClH/c1-21-11-12-26-15-9-10-17-18(13-15)22-23-20(17)27(24,25)19-8-4-6-14-5-2-3-7-16(14)19;20-10-11-25-14-8-9-16-17(12-14)21-22-19(16)26(23,24)18-7-3-5-13-4-1-2-6-15(13)18;/h2-10,13,21H,11-12H2,1H3,(H,22,23);1-9,12H,10-11H2,(H,21,22);1H. The van der Waals surface area contributed by atoms with Gasteiger partial charge in [-0.25, -0.2) is 16.8 Å². The summed E-state index contributed by atoms with van der Waals surface area (Å²) in [5.41, 5.74) is 1.08. The highest BCUT2D eigenvalue weighted by Crippen LogP contribution is 2.34. The van der Waals surface area contributed by atoms with Crippen LogP contribution in [0.15, 0.2) is 141 Å². The number of aromatic nitrogens is 4. The summed E-state index contributed by atoms with van der Waals surface area (Å²) < 4.78 is 64.2. The van der Waals surface area contributed by atoms with Gasteiger partial charge in [0.05, 0.1) is 26.7 Å². The minimum atomic E-state index is -3.76. The first kappa shape index (κ1) is 38.5. The van der Waals surface area contributed by atoms with Crippen LogP contribution in [0.4, 0.5) is 0 Å². The van der Waals surface area contributed by atoms with E-state index in [-0.39, 0.29) is 32.2 Å². The van der Waals surface area contributed by atoms with E-state index in [1.165, 1.54) is 0 Å². The fourth-order valence-corrected chi connectivity index (χ4v) is 9.27. The summed E-state index contributed by atoms with van der Waals surface area (Å²) in [6.45, 7) is 1.62. The third-order valence-electron chi connectivity index (χ3n) is 8.57. The van der Waals surface area contributed by atoms with Crippen molar-refractivity contribution in [3.05, 3.63) is 121 Å². The Balaban J connectivity index is 0.000000181. The van der Waals surface area contributed by atoms with E-state index in [0.717, 1.165) is 17.3 Å². The predicted molar refractivity (Wildman–Crippen MR) is 214 cm³/mol. The normalized spacial score (nSPS) is 11.7. The van der Waals surface area contributed by atoms with Gasteiger partial charge in [0.1, 0.15) is 24.7 Å². The van der Waals surface area contributed by atoms with Gasteiger partial charge in [-0.2, -0.15) is 10.2 Å². The Kier molecular flexibility index (Phi) is 11.7. The summed E-state index contributed by atoms with van der Waals surface area (Å²) in [6.07, 6.45) is 0. The number of hydrogen-bond acceptors (Lipinski definition) is 9. The van der Waals surface area contributed by atoms with Gasteiger partial charge in [0.15, 0.2) is 10.1 Å². The molecule has 0 atom stereocenters. The molecule has 3 N–H and O–H groups in total. The van der Waals surface area contributed by atoms with Crippen LogP contribution >= 0.6 is 24.0 Å². The Morgan fingerprint density at radius 3 is 1.50 bits per heavy atom. The highest BCUT2D eigenvalue weighted by molar-refractivity contribution is 7.92. The number of rotatable bonds is 11. The molecule has 11 nitrogen and oxygen atoms in total. The van der Waals surface area contributed by atoms with Crippen molar-refractivity contribution in [1.82, 2.24) is 25.7 Å². The quantitative estimate of drug-likeness (QED) is 0.0880. The van der Waals surface area contributed by atoms with Crippen LogP contribution in [0.5, 0.6) is 11.5 Å². The first-order chi connectivity index (χ1) is 25.7. The maximum atomic E-state index is 13.3. The minimum absolute atomic E-state index is 0. The Hall–Kier alpha value is -5.18. The zero-order valence-corrected chi connectivity index (χ0v) is 32.0. The number of aromatic amines is 2. The highest BCUT2D eigenvalue weighted by atomic mass is 35.5. The molecule has 6 aromatic carbocycles. The highest BCUT2D eigenvalue weighted by Gasteiger charge is 2.26. The predicted octanol–water partition coefficient (Wildman–Crippen LogP) is 7.74. The van der Waals surface area contributed by atoms with Crippen molar-refractivity contribution >= 4 is 87.0 Å². The molecule has 0 amide bonds. The monoisotopic (exact) mass is 803 g/mol. The number of H-pyrrole nitrogens is 2. The number of hydrogen-bond donors (Lipinski definition) is 3. The fourth-order valence-electron chi connectivity index (χ4n) is 6.03. The minimum Gasteiger partial charge on any atom is -0.492 e. The van der Waals surface area contributed by atoms with Crippen molar-refractivity contribution in [2.24, 2.45) is 0 Å². The molecule has 2 aromatic heterocycles. The number of alkyl halides is 1. The fraction of sp³-hybridized carbons (Fsp3) is 0.128. The summed E-state index contributed by atoms with van der Waals surface area (Å²) in [6, 6.07) is 35.7. The summed E-state index contributed by atoms with van der Waals surface area (Å²) >= 11 is 5.62. The van der Waals surface area contributed by atoms with Crippen molar-refractivity contribution in [2.75, 3.05) is 32.7 Å². The molecule has 15 heteroatoms. The average molecular weight is 805 g/mol. The molecular formula is C39H35Cl2N5O6S2. The molecule has 0 radical (unpaired) electrons. The first-order valence-corrected chi connectivity index (χ1v) is 20.1. The van der Waals surface area contributed by atoms with Gasteiger partial charge < -0.3 is 14.8 Å². The van der Waals surface area contributed by atoms with Gasteiger partial charge >= 0.3 is 0 Å². The van der Waals surface area contributed by atoms with Crippen molar-refractivity contribution in [1.29, 1.82) is 0 Å². The molecule has 0 saturated heterocycles. The van der Waals surface area contributed by atoms with Crippen LogP contribution in [-0.2, 0) is 19.7 Å². The molecule has 0 unspecified atom stereocenters. The van der Waals surface area contributed by atoms with E-state index in [1.54, 1.807) is 66.7 Å². The Bertz CT molecular complexity index is 2800. The smallest absolute Gasteiger partial charge is 0.224 e. The lowest BCUT2D eigenvalue weighted by molar-refractivity contribution is 0.319. The summed E-state index contributed by atoms with van der Waals surface area (Å²) in [4.78, 5) is 0.518. The van der Waals surface area contributed by atoms with Gasteiger partial charge in [0, 0.05) is 40.2 Å². The number of nitrogens with zero attached hydrogens (tertiary/aromatic N) is 2. The number of fused-ring (bicyclic) bond motifs is 4. The largest absolute Gasteiger partial charge is 0.492 e. The molecule has 0 fully saturated rings. The van der Waals surface area contributed by atoms with Crippen LogP contribution in [0.3, 0.4) is 0 Å². The van der Waals surface area contributed by atoms with Gasteiger partial charge in [-0.3, -0.25) is 10.2 Å². The molecule has 278 valence electrons. The average Bonchev–Trinajstić information content (AvgIpc) is 3.82. The number of benzene rings is 6. The van der Waals surface area contributed by atoms with E-state index in [2.05, 4.69) is 25.7 Å². The van der Waals surface area contributed by atoms with E-state index in [1.807, 2.05) is 61.6 Å². The van der Waals surface area contributed by atoms with E-state index in [4.69, 9.17) is 21.1 Å². The third-order valence-corrected chi connectivity index (χ3v) is 12.3. The zero-order chi connectivity index (χ0) is 37.0. The first-order valence-electron chi connectivity index (χ1n) is 16.6. The van der Waals surface area contributed by atoms with Crippen LogP contribution in [0.1, 0.15) is 0 Å². The lowest BCUT2D eigenvalue weighted by Crippen LogP contribution is -2.15. The summed E-state index contributed by atoms with van der Waals surface area (Å²) in [7, 11) is -5.66. The van der Waals surface area contributed by atoms with Gasteiger partial charge in [-0.1, -0.05) is 72.8 Å². The van der Waals surface area contributed by atoms with E-state index >= 15 is 0 Å². The van der Waals surface area contributed by atoms with Crippen molar-refractivity contribution in [3.63, 3.8) is 0 Å². The second kappa shape index (κ2) is 16.5. The second-order valence-electron chi connectivity index (χ2n) is 11.9. The molecule has 0 aliphatic carbocycles. The third kappa shape index (κ3) is 7.59. The second-order valence-corrected chi connectivity index (χ2v) is 16.0. The Morgan fingerprint density at radius 1 is 0.593 bits per heavy atom. The van der Waals surface area contributed by atoms with E-state index in [0.29, 0.717) is 63.2 Å². The van der Waals surface area contributed by atoms with Gasteiger partial charge in [-0.05, 0) is 54.2 Å². The molecule has 0 spiro atoms. The molecule has 8 aromatic rings. The van der Waals surface area contributed by atoms with Crippen LogP contribution in [0, 0.1) is 0 Å². The molecule has 0 aliphatic rings. The SMILES string of the molecule is CNCCOc1ccc2c(S(=O)(=O)c3cccc4ccccc34)[nH]nc2c1.Cl.O=S(=O)(c1cccc2ccccc12)c1[nH]nc2cc(OCCCl)ccc12. The lowest BCUT2D eigenvalue weighted by atomic mass is 10.1. The Morgan fingerprint density at radius 2 is 1.04 bits per heavy atom. The van der Waals surface area contributed by atoms with Gasteiger partial charge in [-0.15, -0.1) is 24.0 Å². The summed E-state index contributed by atoms with van der Waals surface area (Å²) in [5.74, 6) is 1.62. The molecule has 2 heterocycles. The van der Waals surface area contributed by atoms with Crippen molar-refractivity contribution < 1.29 is 26.3 Å². The number of nitrogens with one attached hydrogen (secondary N) is 3. The Labute approximate surface area is 322 Å².